The Morgan fingerprint density at radius 1 is 1.26 bits per heavy atom. The molecule has 2 rings (SSSR count). The number of hydrogen-bond donors (Lipinski definition) is 2. The van der Waals surface area contributed by atoms with Crippen molar-refractivity contribution < 1.29 is 14.5 Å². The molecule has 0 spiro atoms. The van der Waals surface area contributed by atoms with E-state index in [0.717, 1.165) is 11.3 Å². The maximum atomic E-state index is 13.6. The molecule has 2 aromatic carbocycles. The summed E-state index contributed by atoms with van der Waals surface area (Å²) in [6.45, 7) is 3.99. The van der Waals surface area contributed by atoms with Gasteiger partial charge < -0.3 is 10.6 Å². The van der Waals surface area contributed by atoms with Crippen LogP contribution in [0, 0.1) is 12.7 Å². The molecule has 6 heteroatoms. The molecule has 3 N–H and O–H groups in total. The lowest BCUT2D eigenvalue weighted by Gasteiger charge is -2.14. The van der Waals surface area contributed by atoms with Crippen LogP contribution in [0.4, 0.5) is 10.1 Å². The van der Waals surface area contributed by atoms with Gasteiger partial charge in [-0.3, -0.25) is 4.79 Å². The largest absolute Gasteiger partial charge is 0.332 e. The highest BCUT2D eigenvalue weighted by Gasteiger charge is 2.17. The number of para-hydroxylation sites is 1. The zero-order valence-electron chi connectivity index (χ0n) is 12.9. The smallest absolute Gasteiger partial charge is 0.279 e. The number of quaternary nitrogens is 1. The highest BCUT2D eigenvalue weighted by atomic mass is 35.5. The molecular weight excluding hydrogens is 338 g/mol. The van der Waals surface area contributed by atoms with Crippen molar-refractivity contribution in [2.24, 2.45) is 0 Å². The number of amides is 1. The number of nitrogens with one attached hydrogen (secondary N) is 1. The summed E-state index contributed by atoms with van der Waals surface area (Å²) in [5.41, 5.74) is 2.39. The molecule has 0 aliphatic heterocycles. The highest BCUT2D eigenvalue weighted by Crippen LogP contribution is 2.27. The quantitative estimate of drug-likeness (QED) is 0.789. The topological polar surface area (TPSA) is 45.7 Å². The first-order valence-corrected chi connectivity index (χ1v) is 7.97. The lowest BCUT2D eigenvalue weighted by atomic mass is 10.1. The number of halogens is 3. The van der Waals surface area contributed by atoms with E-state index in [1.807, 2.05) is 38.1 Å². The van der Waals surface area contributed by atoms with Crippen molar-refractivity contribution in [3.05, 3.63) is 63.4 Å². The summed E-state index contributed by atoms with van der Waals surface area (Å²) in [5.74, 6) is -0.646. The molecule has 0 heterocycles. The number of carbonyl (C=O) groups excluding carboxylic acids is 1. The van der Waals surface area contributed by atoms with E-state index in [9.17, 15) is 9.18 Å². The lowest BCUT2D eigenvalue weighted by Crippen LogP contribution is -2.86. The van der Waals surface area contributed by atoms with Crippen LogP contribution in [-0.4, -0.2) is 12.5 Å². The molecule has 2 aromatic rings. The molecule has 3 nitrogen and oxygen atoms in total. The van der Waals surface area contributed by atoms with Crippen LogP contribution in [0.3, 0.4) is 0 Å². The van der Waals surface area contributed by atoms with Crippen LogP contribution in [0.5, 0.6) is 0 Å². The summed E-state index contributed by atoms with van der Waals surface area (Å²) in [4.78, 5) is 12.0. The molecule has 0 saturated carbocycles. The van der Waals surface area contributed by atoms with E-state index in [0.29, 0.717) is 10.6 Å². The molecule has 0 aromatic heterocycles. The predicted octanol–water partition coefficient (Wildman–Crippen LogP) is 3.70. The van der Waals surface area contributed by atoms with E-state index in [1.165, 1.54) is 12.1 Å². The Morgan fingerprint density at radius 2 is 1.96 bits per heavy atom. The Balaban J connectivity index is 1.96. The summed E-state index contributed by atoms with van der Waals surface area (Å²) in [6, 6.07) is 10.1. The van der Waals surface area contributed by atoms with Gasteiger partial charge in [0.1, 0.15) is 11.9 Å². The van der Waals surface area contributed by atoms with Crippen molar-refractivity contribution in [3.8, 4) is 0 Å². The van der Waals surface area contributed by atoms with Crippen molar-refractivity contribution >= 4 is 34.8 Å². The third-order valence-corrected chi connectivity index (χ3v) is 4.22. The van der Waals surface area contributed by atoms with Crippen LogP contribution in [0.1, 0.15) is 24.1 Å². The number of rotatable bonds is 5. The first-order chi connectivity index (χ1) is 10.9. The second-order valence-electron chi connectivity index (χ2n) is 5.38. The van der Waals surface area contributed by atoms with Gasteiger partial charge in [0, 0.05) is 11.3 Å². The Labute approximate surface area is 144 Å². The zero-order valence-corrected chi connectivity index (χ0v) is 14.4. The summed E-state index contributed by atoms with van der Waals surface area (Å²) < 4.78 is 13.6. The Kier molecular flexibility index (Phi) is 5.99. The molecule has 0 fully saturated rings. The monoisotopic (exact) mass is 355 g/mol. The summed E-state index contributed by atoms with van der Waals surface area (Å²) in [5, 5.41) is 5.03. The normalized spacial score (nSPS) is 12.0. The van der Waals surface area contributed by atoms with Crippen LogP contribution in [0.15, 0.2) is 36.4 Å². The molecule has 1 amide bonds. The number of hydrogen-bond acceptors (Lipinski definition) is 1. The Morgan fingerprint density at radius 3 is 2.65 bits per heavy atom. The molecule has 122 valence electrons. The van der Waals surface area contributed by atoms with Crippen molar-refractivity contribution in [3.63, 3.8) is 0 Å². The van der Waals surface area contributed by atoms with Crippen LogP contribution in [-0.2, 0) is 4.79 Å². The van der Waals surface area contributed by atoms with Gasteiger partial charge in [-0.25, -0.2) is 4.39 Å². The third-order valence-electron chi connectivity index (χ3n) is 3.61. The highest BCUT2D eigenvalue weighted by molar-refractivity contribution is 6.35. The van der Waals surface area contributed by atoms with Crippen molar-refractivity contribution in [1.29, 1.82) is 0 Å². The molecule has 0 radical (unpaired) electrons. The number of benzene rings is 2. The van der Waals surface area contributed by atoms with Gasteiger partial charge in [-0.1, -0.05) is 41.4 Å². The third kappa shape index (κ3) is 4.67. The fourth-order valence-electron chi connectivity index (χ4n) is 2.21. The van der Waals surface area contributed by atoms with Crippen molar-refractivity contribution in [1.82, 2.24) is 0 Å². The van der Waals surface area contributed by atoms with Crippen LogP contribution >= 0.6 is 23.2 Å². The first-order valence-electron chi connectivity index (χ1n) is 7.21. The van der Waals surface area contributed by atoms with Crippen LogP contribution in [0.2, 0.25) is 10.0 Å². The van der Waals surface area contributed by atoms with Crippen LogP contribution in [0.25, 0.3) is 0 Å². The summed E-state index contributed by atoms with van der Waals surface area (Å²) in [7, 11) is 0. The Bertz CT molecular complexity index is 722. The maximum absolute atomic E-state index is 13.6. The molecule has 0 aliphatic carbocycles. The van der Waals surface area contributed by atoms with E-state index in [2.05, 4.69) is 5.32 Å². The minimum atomic E-state index is -0.518. The number of anilines is 1. The van der Waals surface area contributed by atoms with Gasteiger partial charge in [0.25, 0.3) is 5.91 Å². The fourth-order valence-corrected chi connectivity index (χ4v) is 2.77. The number of nitrogens with two attached hydrogens (primary N) is 1. The van der Waals surface area contributed by atoms with E-state index < -0.39 is 5.82 Å². The summed E-state index contributed by atoms with van der Waals surface area (Å²) in [6.07, 6.45) is 0. The molecule has 0 aliphatic rings. The molecule has 1 atom stereocenters. The zero-order chi connectivity index (χ0) is 17.0. The minimum Gasteiger partial charge on any atom is -0.332 e. The summed E-state index contributed by atoms with van der Waals surface area (Å²) >= 11 is 11.8. The molecule has 0 unspecified atom stereocenters. The van der Waals surface area contributed by atoms with Crippen LogP contribution < -0.4 is 10.6 Å². The second kappa shape index (κ2) is 7.77. The lowest BCUT2D eigenvalue weighted by molar-refractivity contribution is -0.682. The molecule has 23 heavy (non-hydrogen) atoms. The van der Waals surface area contributed by atoms with Gasteiger partial charge in [-0.15, -0.1) is 0 Å². The van der Waals surface area contributed by atoms with E-state index in [1.54, 1.807) is 5.32 Å². The van der Waals surface area contributed by atoms with Gasteiger partial charge in [-0.05, 0) is 37.6 Å². The standard InChI is InChI=1S/C17H17Cl2FN2O/c1-10-5-3-4-6-16(10)22-17(23)9-21-11(2)12-7-15(20)14(19)8-13(12)18/h3-8,11,21H,9H2,1-2H3,(H,22,23)/p+1/t11-/m0/s1. The second-order valence-corrected chi connectivity index (χ2v) is 6.19. The number of aryl methyl sites for hydroxylation is 1. The van der Waals surface area contributed by atoms with E-state index in [-0.39, 0.29) is 23.5 Å². The van der Waals surface area contributed by atoms with Gasteiger partial charge in [0.15, 0.2) is 6.54 Å². The van der Waals surface area contributed by atoms with Gasteiger partial charge in [0.2, 0.25) is 0 Å². The minimum absolute atomic E-state index is 0.0109. The van der Waals surface area contributed by atoms with Gasteiger partial charge in [0.05, 0.1) is 10.0 Å². The maximum Gasteiger partial charge on any atom is 0.279 e. The molecular formula is C17H18Cl2FN2O+. The SMILES string of the molecule is Cc1ccccc1NC(=O)C[NH2+][C@@H](C)c1cc(F)c(Cl)cc1Cl. The van der Waals surface area contributed by atoms with Gasteiger partial charge >= 0.3 is 0 Å². The fraction of sp³-hybridized carbons (Fsp3) is 0.235. The van der Waals surface area contributed by atoms with E-state index >= 15 is 0 Å². The molecule has 0 saturated heterocycles. The predicted molar refractivity (Wildman–Crippen MR) is 91.4 cm³/mol. The van der Waals surface area contributed by atoms with E-state index in [4.69, 9.17) is 23.2 Å². The van der Waals surface area contributed by atoms with Crippen molar-refractivity contribution in [2.75, 3.05) is 11.9 Å². The average Bonchev–Trinajstić information content (AvgIpc) is 2.51. The average molecular weight is 356 g/mol. The van der Waals surface area contributed by atoms with Gasteiger partial charge in [-0.2, -0.15) is 0 Å². The van der Waals surface area contributed by atoms with Crippen molar-refractivity contribution in [2.45, 2.75) is 19.9 Å². The first kappa shape index (κ1) is 17.7. The Hall–Kier alpha value is -1.62. The number of carbonyl (C=O) groups is 1. The molecule has 0 bridgehead atoms.